The third-order valence-electron chi connectivity index (χ3n) is 3.56. The second kappa shape index (κ2) is 5.16. The number of aryl methyl sites for hydroxylation is 1. The summed E-state index contributed by atoms with van der Waals surface area (Å²) >= 11 is 0. The van der Waals surface area contributed by atoms with Crippen LogP contribution in [0.15, 0.2) is 41.3 Å². The Morgan fingerprint density at radius 3 is 2.52 bits per heavy atom. The lowest BCUT2D eigenvalue weighted by Gasteiger charge is -2.10. The zero-order valence-corrected chi connectivity index (χ0v) is 12.4. The van der Waals surface area contributed by atoms with Crippen LogP contribution in [0.3, 0.4) is 0 Å². The summed E-state index contributed by atoms with van der Waals surface area (Å²) in [6.45, 7) is 6.63. The lowest BCUT2D eigenvalue weighted by atomic mass is 10.1. The second-order valence-corrected chi connectivity index (χ2v) is 5.32. The van der Waals surface area contributed by atoms with E-state index in [1.54, 1.807) is 10.9 Å². The Labute approximate surface area is 122 Å². The molecular weight excluding hydrogens is 264 g/mol. The first-order chi connectivity index (χ1) is 10.1. The van der Waals surface area contributed by atoms with Crippen LogP contribution in [0, 0.1) is 0 Å². The number of hydrogen-bond acceptors (Lipinski definition) is 3. The molecule has 0 fully saturated rings. The molecule has 0 saturated heterocycles. The van der Waals surface area contributed by atoms with Crippen LogP contribution in [0.4, 0.5) is 0 Å². The first kappa shape index (κ1) is 13.5. The normalized spacial score (nSPS) is 11.4. The van der Waals surface area contributed by atoms with E-state index in [0.717, 1.165) is 16.8 Å². The summed E-state index contributed by atoms with van der Waals surface area (Å²) in [7, 11) is 0. The topological polar surface area (TPSA) is 52.7 Å². The van der Waals surface area contributed by atoms with E-state index >= 15 is 0 Å². The molecule has 0 amide bonds. The fourth-order valence-electron chi connectivity index (χ4n) is 2.50. The zero-order chi connectivity index (χ0) is 15.0. The van der Waals surface area contributed by atoms with Gasteiger partial charge in [-0.05, 0) is 25.0 Å². The number of para-hydroxylation sites is 1. The summed E-state index contributed by atoms with van der Waals surface area (Å²) in [5.41, 5.74) is 2.29. The highest BCUT2D eigenvalue weighted by atomic mass is 16.1. The molecule has 0 saturated carbocycles. The van der Waals surface area contributed by atoms with Crippen molar-refractivity contribution in [2.75, 3.05) is 0 Å². The highest BCUT2D eigenvalue weighted by Gasteiger charge is 2.17. The molecule has 0 N–H and O–H groups in total. The van der Waals surface area contributed by atoms with Crippen molar-refractivity contribution in [1.82, 2.24) is 19.6 Å². The van der Waals surface area contributed by atoms with Crippen LogP contribution in [-0.2, 0) is 6.54 Å². The molecule has 0 aliphatic heterocycles. The summed E-state index contributed by atoms with van der Waals surface area (Å²) in [5.74, 6) is 0.235. The molecule has 1 aromatic carbocycles. The van der Waals surface area contributed by atoms with Crippen LogP contribution >= 0.6 is 0 Å². The maximum atomic E-state index is 12.6. The first-order valence-electron chi connectivity index (χ1n) is 7.17. The molecule has 0 bridgehead atoms. The molecule has 5 heteroatoms. The Morgan fingerprint density at radius 2 is 1.90 bits per heavy atom. The predicted molar refractivity (Wildman–Crippen MR) is 82.9 cm³/mol. The maximum absolute atomic E-state index is 12.6. The monoisotopic (exact) mass is 282 g/mol. The van der Waals surface area contributed by atoms with Crippen molar-refractivity contribution >= 4 is 10.9 Å². The minimum absolute atomic E-state index is 0.0988. The van der Waals surface area contributed by atoms with Gasteiger partial charge in [-0.3, -0.25) is 4.79 Å². The van der Waals surface area contributed by atoms with E-state index in [9.17, 15) is 4.79 Å². The zero-order valence-electron chi connectivity index (χ0n) is 12.4. The van der Waals surface area contributed by atoms with Gasteiger partial charge in [0.15, 0.2) is 0 Å². The van der Waals surface area contributed by atoms with E-state index in [0.29, 0.717) is 12.1 Å². The van der Waals surface area contributed by atoms with Crippen molar-refractivity contribution in [1.29, 1.82) is 0 Å². The third-order valence-corrected chi connectivity index (χ3v) is 3.56. The van der Waals surface area contributed by atoms with Crippen LogP contribution in [0.25, 0.3) is 16.6 Å². The van der Waals surface area contributed by atoms with Gasteiger partial charge in [0.2, 0.25) is 0 Å². The van der Waals surface area contributed by atoms with Crippen molar-refractivity contribution in [3.8, 4) is 5.69 Å². The van der Waals surface area contributed by atoms with Crippen LogP contribution in [-0.4, -0.2) is 19.6 Å². The van der Waals surface area contributed by atoms with Gasteiger partial charge in [-0.25, -0.2) is 9.36 Å². The Bertz CT molecular complexity index is 831. The number of benzene rings is 1. The maximum Gasteiger partial charge on any atom is 0.293 e. The number of fused-ring (bicyclic) bond motifs is 1. The van der Waals surface area contributed by atoms with E-state index in [1.165, 1.54) is 4.68 Å². The molecule has 5 nitrogen and oxygen atoms in total. The smallest absolute Gasteiger partial charge is 0.265 e. The van der Waals surface area contributed by atoms with Crippen molar-refractivity contribution in [2.24, 2.45) is 0 Å². The molecule has 0 unspecified atom stereocenters. The molecular formula is C16H18N4O. The lowest BCUT2D eigenvalue weighted by molar-refractivity contribution is 0.593. The molecule has 3 rings (SSSR count). The number of hydrogen-bond donors (Lipinski definition) is 0. The minimum atomic E-state index is -0.0988. The van der Waals surface area contributed by atoms with E-state index in [2.05, 4.69) is 24.0 Å². The summed E-state index contributed by atoms with van der Waals surface area (Å²) in [5, 5.41) is 9.72. The van der Waals surface area contributed by atoms with Gasteiger partial charge in [0, 0.05) is 11.9 Å². The quantitative estimate of drug-likeness (QED) is 0.742. The Hall–Kier alpha value is -2.43. The van der Waals surface area contributed by atoms with Crippen LogP contribution in [0.2, 0.25) is 0 Å². The Morgan fingerprint density at radius 1 is 1.19 bits per heavy atom. The van der Waals surface area contributed by atoms with Gasteiger partial charge in [0.1, 0.15) is 5.52 Å². The van der Waals surface area contributed by atoms with Crippen molar-refractivity contribution in [3.63, 3.8) is 0 Å². The molecule has 0 radical (unpaired) electrons. The molecule has 21 heavy (non-hydrogen) atoms. The Balaban J connectivity index is 2.40. The fourth-order valence-corrected chi connectivity index (χ4v) is 2.50. The van der Waals surface area contributed by atoms with Crippen molar-refractivity contribution in [2.45, 2.75) is 33.2 Å². The van der Waals surface area contributed by atoms with E-state index in [1.807, 2.05) is 37.3 Å². The van der Waals surface area contributed by atoms with Gasteiger partial charge in [0.05, 0.1) is 17.6 Å². The van der Waals surface area contributed by atoms with Crippen LogP contribution < -0.4 is 5.56 Å². The van der Waals surface area contributed by atoms with Gasteiger partial charge < -0.3 is 0 Å². The van der Waals surface area contributed by atoms with Gasteiger partial charge in [-0.2, -0.15) is 10.2 Å². The van der Waals surface area contributed by atoms with Crippen molar-refractivity contribution in [3.05, 3.63) is 52.6 Å². The number of nitrogens with zero attached hydrogens (tertiary/aromatic N) is 4. The molecule has 0 atom stereocenters. The van der Waals surface area contributed by atoms with Gasteiger partial charge in [-0.1, -0.05) is 32.0 Å². The highest BCUT2D eigenvalue weighted by Crippen LogP contribution is 2.22. The molecule has 108 valence electrons. The third kappa shape index (κ3) is 2.14. The van der Waals surface area contributed by atoms with Gasteiger partial charge in [0.25, 0.3) is 5.56 Å². The predicted octanol–water partition coefficient (Wildman–Crippen LogP) is 2.73. The second-order valence-electron chi connectivity index (χ2n) is 5.32. The summed E-state index contributed by atoms with van der Waals surface area (Å²) in [6, 6.07) is 9.70. The lowest BCUT2D eigenvalue weighted by Crippen LogP contribution is -2.25. The van der Waals surface area contributed by atoms with E-state index in [-0.39, 0.29) is 11.5 Å². The summed E-state index contributed by atoms with van der Waals surface area (Å²) in [4.78, 5) is 12.6. The average Bonchev–Trinajstić information content (AvgIpc) is 2.93. The minimum Gasteiger partial charge on any atom is -0.265 e. The number of aromatic nitrogens is 4. The number of rotatable bonds is 3. The molecule has 2 heterocycles. The van der Waals surface area contributed by atoms with E-state index < -0.39 is 0 Å². The highest BCUT2D eigenvalue weighted by molar-refractivity contribution is 5.81. The SMILES string of the molecule is CCn1nc(C(C)C)c2cnn(-c3ccccc3)c2c1=O. The summed E-state index contributed by atoms with van der Waals surface area (Å²) in [6.07, 6.45) is 1.74. The molecule has 0 aliphatic carbocycles. The van der Waals surface area contributed by atoms with Crippen LogP contribution in [0.5, 0.6) is 0 Å². The largest absolute Gasteiger partial charge is 0.293 e. The van der Waals surface area contributed by atoms with Gasteiger partial charge in [-0.15, -0.1) is 0 Å². The fraction of sp³-hybridized carbons (Fsp3) is 0.312. The molecule has 2 aromatic heterocycles. The molecule has 0 spiro atoms. The Kier molecular flexibility index (Phi) is 3.33. The molecule has 3 aromatic rings. The standard InChI is InChI=1S/C16H18N4O/c1-4-19-16(21)15-13(14(18-19)11(2)3)10-17-20(15)12-8-6-5-7-9-12/h5-11H,4H2,1-3H3. The first-order valence-corrected chi connectivity index (χ1v) is 7.17. The van der Waals surface area contributed by atoms with Crippen molar-refractivity contribution < 1.29 is 0 Å². The average molecular weight is 282 g/mol. The van der Waals surface area contributed by atoms with Gasteiger partial charge >= 0.3 is 0 Å². The molecule has 0 aliphatic rings. The summed E-state index contributed by atoms with van der Waals surface area (Å²) < 4.78 is 3.22. The van der Waals surface area contributed by atoms with Crippen LogP contribution in [0.1, 0.15) is 32.4 Å². The van der Waals surface area contributed by atoms with E-state index in [4.69, 9.17) is 0 Å².